The molecule has 10 heteroatoms. The second-order valence-electron chi connectivity index (χ2n) is 11.3. The third-order valence-corrected chi connectivity index (χ3v) is 8.95. The zero-order valence-corrected chi connectivity index (χ0v) is 25.9. The van der Waals surface area contributed by atoms with E-state index in [1.165, 1.54) is 0 Å². The average Bonchev–Trinajstić information content (AvgIpc) is 3.41. The molecule has 0 unspecified atom stereocenters. The molecule has 2 aromatic heterocycles. The normalized spacial score (nSPS) is 16.3. The summed E-state index contributed by atoms with van der Waals surface area (Å²) in [6.45, 7) is 3.31. The number of thioether (sulfide) groups is 1. The fourth-order valence-electron chi connectivity index (χ4n) is 5.75. The SMILES string of the molecule is O=C1NC(=O)/C(=C\c2ccnc(N3CCC(CNCc4cc5ccccc5nc4-c4ccc(Oc5ccccc5)cc4)CC3)n2)S1. The standard InChI is InChI=1S/C36H32N6O3S/c43-34-32(46-36(44)41-34)21-28-14-17-38-35(39-28)42-18-15-24(16-19-42)22-37-23-27-20-26-6-4-5-9-31(26)40-33(27)25-10-12-30(13-11-25)45-29-7-2-1-3-8-29/h1-14,17,20-21,24,37H,15-16,18-19,22-23H2,(H,41,43,44)/b32-21+. The van der Waals surface area contributed by atoms with Crippen LogP contribution in [-0.2, 0) is 11.3 Å². The van der Waals surface area contributed by atoms with Gasteiger partial charge < -0.3 is 15.0 Å². The van der Waals surface area contributed by atoms with Crippen molar-refractivity contribution in [1.82, 2.24) is 25.6 Å². The zero-order valence-electron chi connectivity index (χ0n) is 25.1. The Morgan fingerprint density at radius 3 is 2.46 bits per heavy atom. The molecule has 2 amide bonds. The zero-order chi connectivity index (χ0) is 31.3. The maximum atomic E-state index is 11.9. The van der Waals surface area contributed by atoms with Crippen molar-refractivity contribution in [3.63, 3.8) is 0 Å². The number of imide groups is 1. The van der Waals surface area contributed by atoms with Crippen LogP contribution in [0.1, 0.15) is 24.1 Å². The van der Waals surface area contributed by atoms with E-state index in [9.17, 15) is 9.59 Å². The molecule has 2 aliphatic heterocycles. The van der Waals surface area contributed by atoms with Crippen LogP contribution < -0.4 is 20.3 Å². The topological polar surface area (TPSA) is 109 Å². The summed E-state index contributed by atoms with van der Waals surface area (Å²) in [7, 11) is 0. The number of ether oxygens (including phenoxy) is 1. The van der Waals surface area contributed by atoms with Crippen LogP contribution in [0.5, 0.6) is 11.5 Å². The summed E-state index contributed by atoms with van der Waals surface area (Å²) in [6.07, 6.45) is 5.36. The van der Waals surface area contributed by atoms with E-state index in [1.807, 2.05) is 54.6 Å². The third kappa shape index (κ3) is 6.93. The van der Waals surface area contributed by atoms with Crippen molar-refractivity contribution in [2.24, 2.45) is 5.92 Å². The highest BCUT2D eigenvalue weighted by Gasteiger charge is 2.26. The Labute approximate surface area is 271 Å². The van der Waals surface area contributed by atoms with Gasteiger partial charge in [-0.05, 0) is 103 Å². The van der Waals surface area contributed by atoms with E-state index < -0.39 is 0 Å². The first-order valence-electron chi connectivity index (χ1n) is 15.3. The van der Waals surface area contributed by atoms with Gasteiger partial charge in [-0.3, -0.25) is 14.9 Å². The van der Waals surface area contributed by atoms with Crippen LogP contribution in [0.4, 0.5) is 10.7 Å². The molecule has 9 nitrogen and oxygen atoms in total. The fraction of sp³-hybridized carbons (Fsp3) is 0.194. The molecule has 0 aliphatic carbocycles. The maximum Gasteiger partial charge on any atom is 0.290 e. The van der Waals surface area contributed by atoms with E-state index in [0.29, 0.717) is 29.0 Å². The number of para-hydroxylation sites is 2. The number of amides is 2. The third-order valence-electron chi connectivity index (χ3n) is 8.14. The molecule has 7 rings (SSSR count). The molecule has 2 N–H and O–H groups in total. The van der Waals surface area contributed by atoms with Crippen LogP contribution in [0.15, 0.2) is 102 Å². The summed E-state index contributed by atoms with van der Waals surface area (Å²) in [5, 5.41) is 6.75. The minimum absolute atomic E-state index is 0.346. The lowest BCUT2D eigenvalue weighted by atomic mass is 9.96. The van der Waals surface area contributed by atoms with Crippen LogP contribution in [0.3, 0.4) is 0 Å². The van der Waals surface area contributed by atoms with Crippen molar-refractivity contribution in [2.75, 3.05) is 24.5 Å². The summed E-state index contributed by atoms with van der Waals surface area (Å²) >= 11 is 0.888. The molecule has 0 spiro atoms. The summed E-state index contributed by atoms with van der Waals surface area (Å²) in [6, 6.07) is 30.1. The Bertz CT molecular complexity index is 1910. The molecule has 0 radical (unpaired) electrons. The number of pyridine rings is 1. The summed E-state index contributed by atoms with van der Waals surface area (Å²) in [5.41, 5.74) is 4.76. The summed E-state index contributed by atoms with van der Waals surface area (Å²) in [5.74, 6) is 2.37. The number of benzene rings is 3. The van der Waals surface area contributed by atoms with E-state index in [-0.39, 0.29) is 11.1 Å². The van der Waals surface area contributed by atoms with Gasteiger partial charge in [-0.25, -0.2) is 15.0 Å². The van der Waals surface area contributed by atoms with Gasteiger partial charge in [-0.2, -0.15) is 0 Å². The Morgan fingerprint density at radius 2 is 1.67 bits per heavy atom. The van der Waals surface area contributed by atoms with Crippen molar-refractivity contribution in [1.29, 1.82) is 0 Å². The highest BCUT2D eigenvalue weighted by atomic mass is 32.2. The minimum Gasteiger partial charge on any atom is -0.457 e. The molecular formula is C36H32N6O3S. The van der Waals surface area contributed by atoms with Gasteiger partial charge in [0.15, 0.2) is 0 Å². The lowest BCUT2D eigenvalue weighted by Crippen LogP contribution is -2.38. The highest BCUT2D eigenvalue weighted by Crippen LogP contribution is 2.30. The second kappa shape index (κ2) is 13.5. The number of carbonyl (C=O) groups is 2. The highest BCUT2D eigenvalue weighted by molar-refractivity contribution is 8.18. The molecule has 0 saturated carbocycles. The second-order valence-corrected chi connectivity index (χ2v) is 12.3. The van der Waals surface area contributed by atoms with Gasteiger partial charge in [0.1, 0.15) is 11.5 Å². The lowest BCUT2D eigenvalue weighted by Gasteiger charge is -2.32. The number of fused-ring (bicyclic) bond motifs is 1. The molecule has 46 heavy (non-hydrogen) atoms. The van der Waals surface area contributed by atoms with Crippen LogP contribution in [0.2, 0.25) is 0 Å². The van der Waals surface area contributed by atoms with Crippen molar-refractivity contribution in [3.8, 4) is 22.8 Å². The van der Waals surface area contributed by atoms with Crippen molar-refractivity contribution in [3.05, 3.63) is 113 Å². The van der Waals surface area contributed by atoms with E-state index >= 15 is 0 Å². The Hall–Kier alpha value is -5.06. The first kappa shape index (κ1) is 29.6. The molecule has 0 atom stereocenters. The van der Waals surface area contributed by atoms with Gasteiger partial charge in [-0.15, -0.1) is 0 Å². The van der Waals surface area contributed by atoms with E-state index in [0.717, 1.165) is 83.5 Å². The van der Waals surface area contributed by atoms with Crippen molar-refractivity contribution in [2.45, 2.75) is 19.4 Å². The fourth-order valence-corrected chi connectivity index (χ4v) is 6.41. The van der Waals surface area contributed by atoms with Crippen molar-refractivity contribution < 1.29 is 14.3 Å². The number of hydrogen-bond acceptors (Lipinski definition) is 9. The molecule has 2 fully saturated rings. The first-order chi connectivity index (χ1) is 22.6. The molecule has 2 saturated heterocycles. The summed E-state index contributed by atoms with van der Waals surface area (Å²) in [4.78, 5) is 40.1. The number of nitrogens with one attached hydrogen (secondary N) is 2. The van der Waals surface area contributed by atoms with Crippen LogP contribution in [-0.4, -0.2) is 45.7 Å². The Kier molecular flexibility index (Phi) is 8.71. The van der Waals surface area contributed by atoms with Crippen LogP contribution in [0, 0.1) is 5.92 Å². The van der Waals surface area contributed by atoms with Gasteiger partial charge in [0.2, 0.25) is 5.95 Å². The predicted molar refractivity (Wildman–Crippen MR) is 181 cm³/mol. The van der Waals surface area contributed by atoms with Gasteiger partial charge in [0, 0.05) is 36.8 Å². The molecule has 5 aromatic rings. The van der Waals surface area contributed by atoms with Gasteiger partial charge in [0.05, 0.1) is 21.8 Å². The van der Waals surface area contributed by atoms with Gasteiger partial charge in [0.25, 0.3) is 11.1 Å². The monoisotopic (exact) mass is 628 g/mol. The predicted octanol–water partition coefficient (Wildman–Crippen LogP) is 6.81. The number of hydrogen-bond donors (Lipinski definition) is 2. The largest absolute Gasteiger partial charge is 0.457 e. The Balaban J connectivity index is 0.984. The molecule has 230 valence electrons. The minimum atomic E-state index is -0.388. The molecule has 2 aliphatic rings. The van der Waals surface area contributed by atoms with E-state index in [2.05, 4.69) is 55.8 Å². The number of piperidine rings is 1. The number of anilines is 1. The maximum absolute atomic E-state index is 11.9. The van der Waals surface area contributed by atoms with Crippen molar-refractivity contribution >= 4 is 45.8 Å². The molecule has 3 aromatic carbocycles. The Morgan fingerprint density at radius 1 is 0.913 bits per heavy atom. The lowest BCUT2D eigenvalue weighted by molar-refractivity contribution is -0.115. The van der Waals surface area contributed by atoms with Gasteiger partial charge in [-0.1, -0.05) is 36.4 Å². The number of carbonyl (C=O) groups excluding carboxylic acids is 2. The molecule has 0 bridgehead atoms. The van der Waals surface area contributed by atoms with E-state index in [4.69, 9.17) is 9.72 Å². The summed E-state index contributed by atoms with van der Waals surface area (Å²) < 4.78 is 6.00. The number of aromatic nitrogens is 3. The average molecular weight is 629 g/mol. The smallest absolute Gasteiger partial charge is 0.290 e. The molecular weight excluding hydrogens is 597 g/mol. The van der Waals surface area contributed by atoms with E-state index in [1.54, 1.807) is 18.3 Å². The van der Waals surface area contributed by atoms with Crippen LogP contribution >= 0.6 is 11.8 Å². The number of rotatable bonds is 9. The van der Waals surface area contributed by atoms with Crippen LogP contribution in [0.25, 0.3) is 28.2 Å². The quantitative estimate of drug-likeness (QED) is 0.170. The van der Waals surface area contributed by atoms with Gasteiger partial charge >= 0.3 is 0 Å². The first-order valence-corrected chi connectivity index (χ1v) is 16.1. The molecule has 4 heterocycles. The number of nitrogens with zero attached hydrogens (tertiary/aromatic N) is 4.